The number of halogens is 3. The zero-order valence-electron chi connectivity index (χ0n) is 16.0. The summed E-state index contributed by atoms with van der Waals surface area (Å²) in [6.45, 7) is 0. The van der Waals surface area contributed by atoms with Gasteiger partial charge in [-0.3, -0.25) is 4.79 Å². The summed E-state index contributed by atoms with van der Waals surface area (Å²) in [7, 11) is -3.02. The van der Waals surface area contributed by atoms with Crippen LogP contribution in [0.3, 0.4) is 0 Å². The number of nitriles is 1. The van der Waals surface area contributed by atoms with Crippen molar-refractivity contribution in [1.82, 2.24) is 5.32 Å². The first-order chi connectivity index (χ1) is 13.0. The second kappa shape index (κ2) is 8.31. The number of nitrogens with zero attached hydrogens (tertiary/aromatic N) is 1. The van der Waals surface area contributed by atoms with E-state index in [0.29, 0.717) is 12.8 Å². The van der Waals surface area contributed by atoms with Crippen LogP contribution in [0.15, 0.2) is 29.2 Å². The molecular weight excluding hydrogens is 404 g/mol. The van der Waals surface area contributed by atoms with Crippen molar-refractivity contribution in [3.8, 4) is 6.07 Å². The van der Waals surface area contributed by atoms with Crippen molar-refractivity contribution in [3.05, 3.63) is 29.8 Å². The third-order valence-corrected chi connectivity index (χ3v) is 7.60. The van der Waals surface area contributed by atoms with Gasteiger partial charge in [0.15, 0.2) is 9.84 Å². The quantitative estimate of drug-likeness (QED) is 0.732. The zero-order chi connectivity index (χ0) is 20.7. The molecule has 3 rings (SSSR count). The molecule has 2 saturated carbocycles. The molecule has 3 atom stereocenters. The van der Waals surface area contributed by atoms with Crippen molar-refractivity contribution in [2.75, 3.05) is 7.11 Å². The molecule has 1 aromatic carbocycles. The Morgan fingerprint density at radius 1 is 1.28 bits per heavy atom. The summed E-state index contributed by atoms with van der Waals surface area (Å²) in [4.78, 5) is 11.8. The second-order valence-electron chi connectivity index (χ2n) is 7.20. The Hall–Kier alpha value is -1.52. The Morgan fingerprint density at radius 3 is 2.41 bits per heavy atom. The number of amides is 1. The molecule has 2 fully saturated rings. The number of carbonyl (C=O) groups is 1. The van der Waals surface area contributed by atoms with Gasteiger partial charge in [-0.25, -0.2) is 8.42 Å². The summed E-state index contributed by atoms with van der Waals surface area (Å²) >= 11 is 0. The number of hydrogen-bond acceptors (Lipinski definition) is 5. The van der Waals surface area contributed by atoms with E-state index >= 15 is 0 Å². The van der Waals surface area contributed by atoms with Gasteiger partial charge < -0.3 is 10.1 Å². The van der Waals surface area contributed by atoms with Gasteiger partial charge in [-0.15, -0.1) is 0 Å². The van der Waals surface area contributed by atoms with Crippen LogP contribution in [0.4, 0.5) is 13.2 Å². The summed E-state index contributed by atoms with van der Waals surface area (Å²) in [6.07, 6.45) is -4.80. The van der Waals surface area contributed by atoms with Gasteiger partial charge in [-0.05, 0) is 37.8 Å². The molecular formula is C18H19F3LiN2O4S. The number of benzene rings is 1. The molecule has 1 aromatic rings. The molecule has 1 radical (unpaired) electrons. The van der Waals surface area contributed by atoms with Crippen LogP contribution >= 0.6 is 0 Å². The first-order valence-electron chi connectivity index (χ1n) is 8.70. The number of hydrogen-bond donors (Lipinski definition) is 1. The van der Waals surface area contributed by atoms with E-state index in [-0.39, 0.29) is 31.7 Å². The van der Waals surface area contributed by atoms with E-state index in [1.54, 1.807) is 0 Å². The standard InChI is InChI=1S/C18H19F3N2O4S.Li/c1-27-14-9-11(8-12(14)16(24)23-17(10-22)6-7-17)28(25,26)15-5-3-2-4-13(15)18(19,20)21;/h2-5,11-12,14H,6-9H2,1H3,(H,23,24);/t11-,12-,14-;/m0./s1. The number of rotatable bonds is 5. The summed E-state index contributed by atoms with van der Waals surface area (Å²) in [5.41, 5.74) is -2.15. The van der Waals surface area contributed by atoms with Crippen molar-refractivity contribution >= 4 is 34.6 Å². The van der Waals surface area contributed by atoms with Crippen molar-refractivity contribution in [3.63, 3.8) is 0 Å². The van der Waals surface area contributed by atoms with Crippen molar-refractivity contribution in [2.24, 2.45) is 5.92 Å². The first kappa shape index (κ1) is 23.8. The maximum atomic E-state index is 13.3. The predicted octanol–water partition coefficient (Wildman–Crippen LogP) is 2.06. The van der Waals surface area contributed by atoms with Gasteiger partial charge in [0.25, 0.3) is 0 Å². The minimum absolute atomic E-state index is 0. The van der Waals surface area contributed by atoms with Crippen LogP contribution in [-0.4, -0.2) is 57.2 Å². The number of carbonyl (C=O) groups excluding carboxylic acids is 1. The molecule has 6 nitrogen and oxygen atoms in total. The summed E-state index contributed by atoms with van der Waals surface area (Å²) in [5, 5.41) is 10.5. The van der Waals surface area contributed by atoms with Crippen molar-refractivity contribution in [2.45, 2.75) is 53.6 Å². The van der Waals surface area contributed by atoms with Crippen LogP contribution in [0.25, 0.3) is 0 Å². The molecule has 0 heterocycles. The van der Waals surface area contributed by atoms with Crippen molar-refractivity contribution in [1.29, 1.82) is 5.26 Å². The van der Waals surface area contributed by atoms with Crippen LogP contribution in [-0.2, 0) is 25.5 Å². The van der Waals surface area contributed by atoms with Crippen molar-refractivity contribution < 1.29 is 31.1 Å². The molecule has 11 heteroatoms. The van der Waals surface area contributed by atoms with Gasteiger partial charge in [0, 0.05) is 26.0 Å². The van der Waals surface area contributed by atoms with Gasteiger partial charge in [0.2, 0.25) is 5.91 Å². The molecule has 0 aromatic heterocycles. The van der Waals surface area contributed by atoms with E-state index in [1.807, 2.05) is 6.07 Å². The smallest absolute Gasteiger partial charge is 0.381 e. The maximum absolute atomic E-state index is 13.3. The summed E-state index contributed by atoms with van der Waals surface area (Å²) in [6, 6.07) is 6.04. The first-order valence-corrected chi connectivity index (χ1v) is 10.2. The normalized spacial score (nSPS) is 25.6. The molecule has 0 aliphatic heterocycles. The topological polar surface area (TPSA) is 96.3 Å². The molecule has 29 heavy (non-hydrogen) atoms. The SMILES string of the molecule is CO[C@H]1C[C@@H](S(=O)(=O)c2ccccc2C(F)(F)F)C[C@@H]1C(=O)NC1(C#N)CC1.[Li]. The maximum Gasteiger partial charge on any atom is 0.417 e. The fourth-order valence-corrected chi connectivity index (χ4v) is 5.61. The summed E-state index contributed by atoms with van der Waals surface area (Å²) in [5.74, 6) is -1.36. The van der Waals surface area contributed by atoms with E-state index in [0.717, 1.165) is 18.2 Å². The molecule has 0 spiro atoms. The molecule has 2 aliphatic rings. The summed E-state index contributed by atoms with van der Waals surface area (Å²) < 4.78 is 70.9. The average molecular weight is 423 g/mol. The average Bonchev–Trinajstić information content (AvgIpc) is 3.27. The van der Waals surface area contributed by atoms with Crippen LogP contribution < -0.4 is 5.32 Å². The van der Waals surface area contributed by atoms with E-state index in [2.05, 4.69) is 5.32 Å². The van der Waals surface area contributed by atoms with Gasteiger partial charge in [-0.1, -0.05) is 12.1 Å². The predicted molar refractivity (Wildman–Crippen MR) is 97.4 cm³/mol. The molecule has 153 valence electrons. The Labute approximate surface area is 178 Å². The molecule has 0 saturated heterocycles. The Balaban J connectivity index is 0.00000300. The molecule has 0 unspecified atom stereocenters. The minimum atomic E-state index is -4.81. The fraction of sp³-hybridized carbons (Fsp3) is 0.556. The van der Waals surface area contributed by atoms with Gasteiger partial charge in [-0.2, -0.15) is 18.4 Å². The number of methoxy groups -OCH3 is 1. The van der Waals surface area contributed by atoms with E-state index < -0.39 is 55.2 Å². The van der Waals surface area contributed by atoms with Crippen LogP contribution in [0.2, 0.25) is 0 Å². The van der Waals surface area contributed by atoms with Gasteiger partial charge >= 0.3 is 6.18 Å². The molecule has 1 N–H and O–H groups in total. The second-order valence-corrected chi connectivity index (χ2v) is 9.39. The van der Waals surface area contributed by atoms with Gasteiger partial charge in [0.1, 0.15) is 5.54 Å². The number of alkyl halides is 3. The van der Waals surface area contributed by atoms with Gasteiger partial charge in [0.05, 0.1) is 33.8 Å². The monoisotopic (exact) mass is 423 g/mol. The number of ether oxygens (including phenoxy) is 1. The van der Waals surface area contributed by atoms with Crippen LogP contribution in [0.5, 0.6) is 0 Å². The minimum Gasteiger partial charge on any atom is -0.381 e. The van der Waals surface area contributed by atoms with Crippen LogP contribution in [0, 0.1) is 17.2 Å². The number of sulfone groups is 1. The zero-order valence-corrected chi connectivity index (χ0v) is 16.8. The Kier molecular flexibility index (Phi) is 6.81. The third-order valence-electron chi connectivity index (χ3n) is 5.36. The van der Waals surface area contributed by atoms with E-state index in [4.69, 9.17) is 10.00 Å². The molecule has 2 aliphatic carbocycles. The van der Waals surface area contributed by atoms with E-state index in [1.165, 1.54) is 13.2 Å². The fourth-order valence-electron chi connectivity index (χ4n) is 3.59. The third kappa shape index (κ3) is 4.64. The van der Waals surface area contributed by atoms with Crippen LogP contribution in [0.1, 0.15) is 31.2 Å². The van der Waals surface area contributed by atoms with E-state index in [9.17, 15) is 26.4 Å². The molecule has 0 bridgehead atoms. The number of nitrogens with one attached hydrogen (secondary N) is 1. The Morgan fingerprint density at radius 2 is 1.90 bits per heavy atom. The molecule has 1 amide bonds. The Bertz CT molecular complexity index is 926. The largest absolute Gasteiger partial charge is 0.417 e.